The Morgan fingerprint density at radius 2 is 2.26 bits per heavy atom. The van der Waals surface area contributed by atoms with Gasteiger partial charge in [0.05, 0.1) is 23.2 Å². The molecule has 0 spiro atoms. The Kier molecular flexibility index (Phi) is 4.98. The fourth-order valence-corrected chi connectivity index (χ4v) is 4.79. The highest BCUT2D eigenvalue weighted by atomic mass is 79.9. The number of nitrogens with zero attached hydrogens (tertiary/aromatic N) is 5. The zero-order chi connectivity index (χ0) is 21.5. The molecule has 0 radical (unpaired) electrons. The summed E-state index contributed by atoms with van der Waals surface area (Å²) in [6.45, 7) is 0.575. The van der Waals surface area contributed by atoms with E-state index in [0.29, 0.717) is 34.1 Å². The van der Waals surface area contributed by atoms with Gasteiger partial charge in [0, 0.05) is 37.2 Å². The summed E-state index contributed by atoms with van der Waals surface area (Å²) in [5.41, 5.74) is 2.87. The van der Waals surface area contributed by atoms with Crippen molar-refractivity contribution in [1.29, 1.82) is 5.26 Å². The largest absolute Gasteiger partial charge is 0.492 e. The summed E-state index contributed by atoms with van der Waals surface area (Å²) >= 11 is 3.49. The van der Waals surface area contributed by atoms with Crippen molar-refractivity contribution in [3.63, 3.8) is 0 Å². The Hall–Kier alpha value is -3.19. The molecule has 0 bridgehead atoms. The number of carbonyl (C=O) groups is 1. The van der Waals surface area contributed by atoms with E-state index in [0.717, 1.165) is 42.3 Å². The molecule has 10 heteroatoms. The van der Waals surface area contributed by atoms with E-state index in [-0.39, 0.29) is 17.9 Å². The van der Waals surface area contributed by atoms with E-state index in [1.807, 2.05) is 6.07 Å². The van der Waals surface area contributed by atoms with Gasteiger partial charge in [0.15, 0.2) is 5.65 Å². The molecule has 3 aromatic rings. The van der Waals surface area contributed by atoms with Crippen molar-refractivity contribution < 1.29 is 9.53 Å². The number of hydrogen-bond donors (Lipinski definition) is 2. The molecule has 1 saturated carbocycles. The molecule has 0 unspecified atom stereocenters. The van der Waals surface area contributed by atoms with Crippen LogP contribution in [0.5, 0.6) is 5.75 Å². The first-order valence-corrected chi connectivity index (χ1v) is 11.0. The van der Waals surface area contributed by atoms with Gasteiger partial charge in [-0.05, 0) is 47.3 Å². The first-order chi connectivity index (χ1) is 15.1. The molecule has 158 valence electrons. The van der Waals surface area contributed by atoms with Crippen LogP contribution in [0.1, 0.15) is 30.4 Å². The summed E-state index contributed by atoms with van der Waals surface area (Å²) in [6.07, 6.45) is 4.97. The summed E-state index contributed by atoms with van der Waals surface area (Å²) in [5, 5.41) is 21.0. The van der Waals surface area contributed by atoms with Crippen LogP contribution in [0.3, 0.4) is 0 Å². The summed E-state index contributed by atoms with van der Waals surface area (Å²) in [6, 6.07) is 6.11. The van der Waals surface area contributed by atoms with Gasteiger partial charge in [-0.15, -0.1) is 0 Å². The van der Waals surface area contributed by atoms with Crippen LogP contribution < -0.4 is 15.4 Å². The van der Waals surface area contributed by atoms with Crippen LogP contribution in [0.25, 0.3) is 16.7 Å². The molecule has 2 aliphatic rings. The lowest BCUT2D eigenvalue weighted by molar-refractivity contribution is -0.124. The Morgan fingerprint density at radius 3 is 3.06 bits per heavy atom. The normalized spacial score (nSPS) is 19.6. The van der Waals surface area contributed by atoms with Crippen LogP contribution in [0.2, 0.25) is 0 Å². The third-order valence-corrected chi connectivity index (χ3v) is 6.48. The van der Waals surface area contributed by atoms with Crippen molar-refractivity contribution in [3.05, 3.63) is 34.1 Å². The van der Waals surface area contributed by atoms with Crippen LogP contribution in [0.15, 0.2) is 22.9 Å². The minimum atomic E-state index is 0.0175. The first-order valence-electron chi connectivity index (χ1n) is 10.2. The Bertz CT molecular complexity index is 1230. The van der Waals surface area contributed by atoms with Crippen LogP contribution >= 0.6 is 15.9 Å². The van der Waals surface area contributed by atoms with Gasteiger partial charge >= 0.3 is 0 Å². The number of hydrogen-bond acceptors (Lipinski definition) is 7. The molecule has 1 fully saturated rings. The average Bonchev–Trinajstić information content (AvgIpc) is 3.51. The minimum absolute atomic E-state index is 0.0175. The van der Waals surface area contributed by atoms with E-state index < -0.39 is 0 Å². The SMILES string of the molecule is CNC(=O)[C@@H]1CC[C@@H](Nc2ncc3c(Br)nn(-c4cc(C#N)c5c(c4)CCO5)c3n2)C1. The van der Waals surface area contributed by atoms with Crippen molar-refractivity contribution in [1.82, 2.24) is 25.1 Å². The monoisotopic (exact) mass is 481 g/mol. The third-order valence-electron chi connectivity index (χ3n) is 5.90. The lowest BCUT2D eigenvalue weighted by Crippen LogP contribution is -2.27. The molecule has 0 saturated heterocycles. The second kappa shape index (κ2) is 7.81. The van der Waals surface area contributed by atoms with Crippen LogP contribution in [0.4, 0.5) is 5.95 Å². The third kappa shape index (κ3) is 3.49. The number of benzene rings is 1. The van der Waals surface area contributed by atoms with Gasteiger partial charge in [-0.2, -0.15) is 15.3 Å². The van der Waals surface area contributed by atoms with Gasteiger partial charge in [-0.1, -0.05) is 0 Å². The van der Waals surface area contributed by atoms with E-state index in [2.05, 4.69) is 42.7 Å². The smallest absolute Gasteiger partial charge is 0.224 e. The highest BCUT2D eigenvalue weighted by Gasteiger charge is 2.30. The van der Waals surface area contributed by atoms with Crippen molar-refractivity contribution in [2.45, 2.75) is 31.7 Å². The predicted molar refractivity (Wildman–Crippen MR) is 117 cm³/mol. The standard InChI is InChI=1S/C21H20BrN7O2/c1-24-20(30)12-2-3-14(6-12)26-21-25-10-16-18(22)28-29(19(16)27-21)15-7-11-4-5-31-17(11)13(8-15)9-23/h7-8,10,12,14H,2-6H2,1H3,(H,24,30)(H,25,26,27)/t12-,14-/m1/s1. The molecule has 2 aromatic heterocycles. The van der Waals surface area contributed by atoms with Crippen molar-refractivity contribution in [2.75, 3.05) is 19.0 Å². The molecule has 1 amide bonds. The van der Waals surface area contributed by atoms with E-state index in [1.54, 1.807) is 24.0 Å². The molecule has 2 atom stereocenters. The predicted octanol–water partition coefficient (Wildman–Crippen LogP) is 2.71. The maximum atomic E-state index is 11.9. The maximum absolute atomic E-state index is 11.9. The summed E-state index contributed by atoms with van der Waals surface area (Å²) in [5.74, 6) is 1.25. The minimum Gasteiger partial charge on any atom is -0.492 e. The fraction of sp³-hybridized carbons (Fsp3) is 0.381. The second-order valence-corrected chi connectivity index (χ2v) is 8.54. The van der Waals surface area contributed by atoms with Gasteiger partial charge in [-0.3, -0.25) is 4.79 Å². The lowest BCUT2D eigenvalue weighted by atomic mass is 10.1. The number of aromatic nitrogens is 4. The summed E-state index contributed by atoms with van der Waals surface area (Å²) < 4.78 is 7.95. The molecule has 1 aliphatic heterocycles. The van der Waals surface area contributed by atoms with E-state index in [1.165, 1.54) is 0 Å². The molecule has 9 nitrogen and oxygen atoms in total. The highest BCUT2D eigenvalue weighted by molar-refractivity contribution is 9.10. The average molecular weight is 482 g/mol. The zero-order valence-electron chi connectivity index (χ0n) is 16.9. The van der Waals surface area contributed by atoms with Crippen LogP contribution in [-0.4, -0.2) is 45.4 Å². The number of anilines is 1. The number of amides is 1. The van der Waals surface area contributed by atoms with Gasteiger partial charge in [0.2, 0.25) is 11.9 Å². The van der Waals surface area contributed by atoms with E-state index >= 15 is 0 Å². The Morgan fingerprint density at radius 1 is 1.39 bits per heavy atom. The number of ether oxygens (including phenoxy) is 1. The number of halogens is 1. The molecule has 2 N–H and O–H groups in total. The zero-order valence-corrected chi connectivity index (χ0v) is 18.4. The molecule has 1 aromatic carbocycles. The van der Waals surface area contributed by atoms with Gasteiger partial charge in [0.25, 0.3) is 0 Å². The van der Waals surface area contributed by atoms with Crippen molar-refractivity contribution >= 4 is 38.8 Å². The van der Waals surface area contributed by atoms with Crippen LogP contribution in [0, 0.1) is 17.2 Å². The molecule has 1 aliphatic carbocycles. The van der Waals surface area contributed by atoms with E-state index in [9.17, 15) is 10.1 Å². The van der Waals surface area contributed by atoms with E-state index in [4.69, 9.17) is 9.72 Å². The van der Waals surface area contributed by atoms with Gasteiger partial charge < -0.3 is 15.4 Å². The molecular weight excluding hydrogens is 462 g/mol. The lowest BCUT2D eigenvalue weighted by Gasteiger charge is -2.13. The Balaban J connectivity index is 1.49. The van der Waals surface area contributed by atoms with Crippen molar-refractivity contribution in [3.8, 4) is 17.5 Å². The van der Waals surface area contributed by atoms with Gasteiger partial charge in [-0.25, -0.2) is 9.67 Å². The maximum Gasteiger partial charge on any atom is 0.224 e. The number of nitrogens with one attached hydrogen (secondary N) is 2. The summed E-state index contributed by atoms with van der Waals surface area (Å²) in [4.78, 5) is 21.1. The topological polar surface area (TPSA) is 118 Å². The molecular formula is C21H20BrN7O2. The number of fused-ring (bicyclic) bond motifs is 2. The summed E-state index contributed by atoms with van der Waals surface area (Å²) in [7, 11) is 1.67. The first kappa shape index (κ1) is 19.8. The molecule has 31 heavy (non-hydrogen) atoms. The van der Waals surface area contributed by atoms with Crippen molar-refractivity contribution in [2.24, 2.45) is 5.92 Å². The number of nitriles is 1. The quantitative estimate of drug-likeness (QED) is 0.587. The molecule has 3 heterocycles. The van der Waals surface area contributed by atoms with Gasteiger partial charge in [0.1, 0.15) is 16.4 Å². The number of rotatable bonds is 4. The fourth-order valence-electron chi connectivity index (χ4n) is 4.35. The number of carbonyl (C=O) groups excluding carboxylic acids is 1. The highest BCUT2D eigenvalue weighted by Crippen LogP contribution is 2.34. The molecule has 5 rings (SSSR count). The second-order valence-electron chi connectivity index (χ2n) is 7.79. The van der Waals surface area contributed by atoms with Crippen LogP contribution in [-0.2, 0) is 11.2 Å². The Labute approximate surface area is 186 Å².